The molecule has 158 valence electrons. The third-order valence-corrected chi connectivity index (χ3v) is 5.28. The number of guanidine groups is 1. The maximum absolute atomic E-state index is 5.98. The zero-order chi connectivity index (χ0) is 19.2. The van der Waals surface area contributed by atoms with Crippen molar-refractivity contribution in [3.05, 3.63) is 29.3 Å². The summed E-state index contributed by atoms with van der Waals surface area (Å²) in [5.41, 5.74) is 2.34. The molecule has 28 heavy (non-hydrogen) atoms. The number of ether oxygens (including phenoxy) is 1. The molecule has 1 aliphatic heterocycles. The summed E-state index contributed by atoms with van der Waals surface area (Å²) in [6.07, 6.45) is 4.27. The van der Waals surface area contributed by atoms with Crippen LogP contribution in [0, 0.1) is 12.8 Å². The van der Waals surface area contributed by atoms with E-state index in [9.17, 15) is 0 Å². The van der Waals surface area contributed by atoms with E-state index < -0.39 is 0 Å². The number of likely N-dealkylation sites (tertiary alicyclic amines) is 1. The first-order chi connectivity index (χ1) is 13.0. The highest BCUT2D eigenvalue weighted by Gasteiger charge is 2.34. The van der Waals surface area contributed by atoms with Crippen molar-refractivity contribution in [3.63, 3.8) is 0 Å². The summed E-state index contributed by atoms with van der Waals surface area (Å²) in [7, 11) is 0. The summed E-state index contributed by atoms with van der Waals surface area (Å²) in [6.45, 7) is 13.3. The number of aliphatic imine (C=N–C) groups is 1. The molecule has 0 spiro atoms. The van der Waals surface area contributed by atoms with Crippen LogP contribution in [0.3, 0.4) is 0 Å². The molecular formula is C22H37IN4O. The standard InChI is InChI=1S/C22H36N4O.HI/c1-5-23-22(24-13-18-10-11-26(15-18)20-8-9-20)25-14-19-7-6-17(4)12-21(19)27-16(2)3;/h6-7,12,16,18,20H,5,8-11,13-15H2,1-4H3,(H2,23,24,25);1H. The lowest BCUT2D eigenvalue weighted by Crippen LogP contribution is -2.40. The van der Waals surface area contributed by atoms with Crippen LogP contribution in [0.5, 0.6) is 5.75 Å². The molecule has 0 radical (unpaired) electrons. The third-order valence-electron chi connectivity index (χ3n) is 5.28. The number of rotatable bonds is 8. The highest BCUT2D eigenvalue weighted by atomic mass is 127. The second kappa shape index (κ2) is 11.2. The molecule has 1 atom stereocenters. The number of nitrogens with one attached hydrogen (secondary N) is 2. The quantitative estimate of drug-likeness (QED) is 0.323. The summed E-state index contributed by atoms with van der Waals surface area (Å²) in [6, 6.07) is 7.25. The van der Waals surface area contributed by atoms with E-state index in [4.69, 9.17) is 9.73 Å². The van der Waals surface area contributed by atoms with Crippen molar-refractivity contribution in [1.29, 1.82) is 0 Å². The average molecular weight is 500 g/mol. The van der Waals surface area contributed by atoms with Gasteiger partial charge in [0.05, 0.1) is 12.6 Å². The first-order valence-corrected chi connectivity index (χ1v) is 10.6. The monoisotopic (exact) mass is 500 g/mol. The van der Waals surface area contributed by atoms with E-state index in [0.29, 0.717) is 6.54 Å². The zero-order valence-corrected chi connectivity index (χ0v) is 20.2. The Kier molecular flexibility index (Phi) is 9.34. The van der Waals surface area contributed by atoms with E-state index in [1.54, 1.807) is 0 Å². The number of benzene rings is 1. The maximum Gasteiger partial charge on any atom is 0.191 e. The molecule has 3 rings (SSSR count). The molecular weight excluding hydrogens is 463 g/mol. The van der Waals surface area contributed by atoms with Gasteiger partial charge < -0.3 is 20.3 Å². The van der Waals surface area contributed by atoms with Crippen molar-refractivity contribution in [3.8, 4) is 5.75 Å². The van der Waals surface area contributed by atoms with Crippen LogP contribution in [0.25, 0.3) is 0 Å². The second-order valence-corrected chi connectivity index (χ2v) is 8.23. The number of hydrogen-bond acceptors (Lipinski definition) is 3. The molecule has 0 aromatic heterocycles. The van der Waals surface area contributed by atoms with Gasteiger partial charge in [0.25, 0.3) is 0 Å². The molecule has 2 fully saturated rings. The third kappa shape index (κ3) is 7.10. The predicted molar refractivity (Wildman–Crippen MR) is 128 cm³/mol. The molecule has 1 aromatic carbocycles. The lowest BCUT2D eigenvalue weighted by atomic mass is 10.1. The summed E-state index contributed by atoms with van der Waals surface area (Å²) >= 11 is 0. The molecule has 6 heteroatoms. The SMILES string of the molecule is CCNC(=NCc1ccc(C)cc1OC(C)C)NCC1CCN(C2CC2)C1.I. The Balaban J connectivity index is 0.00000280. The van der Waals surface area contributed by atoms with Crippen LogP contribution in [0.15, 0.2) is 23.2 Å². The molecule has 5 nitrogen and oxygen atoms in total. The van der Waals surface area contributed by atoms with Gasteiger partial charge in [-0.3, -0.25) is 0 Å². The molecule has 2 N–H and O–H groups in total. The average Bonchev–Trinajstić information content (AvgIpc) is 3.37. The second-order valence-electron chi connectivity index (χ2n) is 8.23. The van der Waals surface area contributed by atoms with Gasteiger partial charge in [0.15, 0.2) is 5.96 Å². The highest BCUT2D eigenvalue weighted by molar-refractivity contribution is 14.0. The van der Waals surface area contributed by atoms with E-state index in [2.05, 4.69) is 61.4 Å². The fourth-order valence-corrected chi connectivity index (χ4v) is 3.70. The van der Waals surface area contributed by atoms with Crippen LogP contribution in [0.2, 0.25) is 0 Å². The van der Waals surface area contributed by atoms with Gasteiger partial charge >= 0.3 is 0 Å². The van der Waals surface area contributed by atoms with E-state index in [0.717, 1.165) is 42.3 Å². The molecule has 1 saturated carbocycles. The van der Waals surface area contributed by atoms with Gasteiger partial charge in [-0.25, -0.2) is 4.99 Å². The Morgan fingerprint density at radius 1 is 1.25 bits per heavy atom. The number of hydrogen-bond donors (Lipinski definition) is 2. The number of halogens is 1. The van der Waals surface area contributed by atoms with Gasteiger partial charge in [0.1, 0.15) is 5.75 Å². The predicted octanol–water partition coefficient (Wildman–Crippen LogP) is 3.94. The topological polar surface area (TPSA) is 48.9 Å². The van der Waals surface area contributed by atoms with Crippen LogP contribution in [0.4, 0.5) is 0 Å². The van der Waals surface area contributed by atoms with E-state index in [1.807, 2.05) is 0 Å². The minimum absolute atomic E-state index is 0. The smallest absolute Gasteiger partial charge is 0.191 e. The Morgan fingerprint density at radius 2 is 2.04 bits per heavy atom. The minimum Gasteiger partial charge on any atom is -0.491 e. The molecule has 1 saturated heterocycles. The molecule has 0 bridgehead atoms. The number of nitrogens with zero attached hydrogens (tertiary/aromatic N) is 2. The van der Waals surface area contributed by atoms with Gasteiger partial charge in [0, 0.05) is 31.2 Å². The Hall–Kier alpha value is -1.02. The van der Waals surface area contributed by atoms with Gasteiger partial charge in [-0.1, -0.05) is 12.1 Å². The molecule has 1 heterocycles. The van der Waals surface area contributed by atoms with Crippen LogP contribution in [-0.4, -0.2) is 49.2 Å². The largest absolute Gasteiger partial charge is 0.491 e. The molecule has 1 unspecified atom stereocenters. The summed E-state index contributed by atoms with van der Waals surface area (Å²) in [5, 5.41) is 6.93. The van der Waals surface area contributed by atoms with Crippen LogP contribution >= 0.6 is 24.0 Å². The van der Waals surface area contributed by atoms with E-state index >= 15 is 0 Å². The van der Waals surface area contributed by atoms with Crippen molar-refractivity contribution >= 4 is 29.9 Å². The Labute approximate surface area is 187 Å². The molecule has 1 aliphatic carbocycles. The molecule has 2 aliphatic rings. The van der Waals surface area contributed by atoms with Crippen molar-refractivity contribution in [2.45, 2.75) is 65.6 Å². The normalized spacial score (nSPS) is 20.2. The van der Waals surface area contributed by atoms with Gasteiger partial charge in [-0.2, -0.15) is 0 Å². The van der Waals surface area contributed by atoms with Gasteiger partial charge in [-0.15, -0.1) is 24.0 Å². The fourth-order valence-electron chi connectivity index (χ4n) is 3.70. The van der Waals surface area contributed by atoms with E-state index in [1.165, 1.54) is 37.9 Å². The Morgan fingerprint density at radius 3 is 2.71 bits per heavy atom. The first-order valence-electron chi connectivity index (χ1n) is 10.6. The first kappa shape index (κ1) is 23.3. The highest BCUT2D eigenvalue weighted by Crippen LogP contribution is 2.31. The lowest BCUT2D eigenvalue weighted by Gasteiger charge is -2.17. The maximum atomic E-state index is 5.98. The Bertz CT molecular complexity index is 645. The minimum atomic E-state index is 0. The van der Waals surface area contributed by atoms with Gasteiger partial charge in [0.2, 0.25) is 0 Å². The zero-order valence-electron chi connectivity index (χ0n) is 17.8. The summed E-state index contributed by atoms with van der Waals surface area (Å²) in [5.74, 6) is 2.58. The van der Waals surface area contributed by atoms with Crippen molar-refractivity contribution < 1.29 is 4.74 Å². The lowest BCUT2D eigenvalue weighted by molar-refractivity contribution is 0.240. The van der Waals surface area contributed by atoms with E-state index in [-0.39, 0.29) is 30.1 Å². The van der Waals surface area contributed by atoms with Crippen molar-refractivity contribution in [1.82, 2.24) is 15.5 Å². The van der Waals surface area contributed by atoms with Crippen LogP contribution in [-0.2, 0) is 6.54 Å². The molecule has 1 aromatic rings. The summed E-state index contributed by atoms with van der Waals surface area (Å²) in [4.78, 5) is 7.47. The van der Waals surface area contributed by atoms with Crippen LogP contribution < -0.4 is 15.4 Å². The number of aryl methyl sites for hydroxylation is 1. The molecule has 0 amide bonds. The fraction of sp³-hybridized carbons (Fsp3) is 0.682. The van der Waals surface area contributed by atoms with Gasteiger partial charge in [-0.05, 0) is 71.0 Å². The van der Waals surface area contributed by atoms with Crippen LogP contribution in [0.1, 0.15) is 51.2 Å². The van der Waals surface area contributed by atoms with Crippen molar-refractivity contribution in [2.75, 3.05) is 26.2 Å². The van der Waals surface area contributed by atoms with Crippen molar-refractivity contribution in [2.24, 2.45) is 10.9 Å². The summed E-state index contributed by atoms with van der Waals surface area (Å²) < 4.78 is 5.98.